The van der Waals surface area contributed by atoms with E-state index < -0.39 is 21.1 Å². The van der Waals surface area contributed by atoms with Crippen LogP contribution < -0.4 is 9.79 Å². The summed E-state index contributed by atoms with van der Waals surface area (Å²) in [5.41, 5.74) is 0. The molecule has 12 heavy (non-hydrogen) atoms. The Labute approximate surface area is 68.9 Å². The van der Waals surface area contributed by atoms with Crippen molar-refractivity contribution in [3.63, 3.8) is 0 Å². The van der Waals surface area contributed by atoms with Gasteiger partial charge in [-0.3, -0.25) is 4.52 Å². The van der Waals surface area contributed by atoms with Gasteiger partial charge in [0.05, 0.1) is 18.8 Å². The molecule has 1 unspecified atom stereocenters. The molecule has 0 radical (unpaired) electrons. The zero-order valence-electron chi connectivity index (χ0n) is 5.91. The third kappa shape index (κ3) is 3.09. The van der Waals surface area contributed by atoms with Crippen molar-refractivity contribution in [2.24, 2.45) is 0 Å². The van der Waals surface area contributed by atoms with Gasteiger partial charge in [-0.05, 0) is 6.08 Å². The lowest BCUT2D eigenvalue weighted by molar-refractivity contribution is -0.312. The van der Waals surface area contributed by atoms with Gasteiger partial charge in [-0.1, -0.05) is 7.60 Å². The van der Waals surface area contributed by atoms with E-state index in [0.717, 1.165) is 6.26 Å². The van der Waals surface area contributed by atoms with Crippen LogP contribution in [0.4, 0.5) is 0 Å². The van der Waals surface area contributed by atoms with Crippen LogP contribution in [0.5, 0.6) is 0 Å². The summed E-state index contributed by atoms with van der Waals surface area (Å²) in [6.45, 7) is -0.00270. The van der Waals surface area contributed by atoms with Crippen LogP contribution >= 0.6 is 15.2 Å². The number of rotatable bonds is 2. The van der Waals surface area contributed by atoms with Gasteiger partial charge in [-0.15, -0.1) is 0 Å². The van der Waals surface area contributed by atoms with Gasteiger partial charge in [0.15, 0.2) is 0 Å². The zero-order valence-corrected chi connectivity index (χ0v) is 7.70. The average Bonchev–Trinajstić information content (AvgIpc) is 1.83. The highest BCUT2D eigenvalue weighted by Gasteiger charge is 2.27. The molecule has 1 heterocycles. The van der Waals surface area contributed by atoms with Crippen molar-refractivity contribution >= 4 is 15.2 Å². The number of hydrogen-bond donors (Lipinski definition) is 0. The predicted octanol–water partition coefficient (Wildman–Crippen LogP) is -0.389. The van der Waals surface area contributed by atoms with Crippen LogP contribution in [0.3, 0.4) is 0 Å². The Kier molecular flexibility index (Phi) is 2.76. The molecule has 0 amide bonds. The van der Waals surface area contributed by atoms with Gasteiger partial charge < -0.3 is 18.9 Å². The summed E-state index contributed by atoms with van der Waals surface area (Å²) in [5.74, 6) is -1.09. The predicted molar refractivity (Wildman–Crippen MR) is 36.3 cm³/mol. The minimum absolute atomic E-state index is 0.00270. The van der Waals surface area contributed by atoms with E-state index in [4.69, 9.17) is 0 Å². The lowest BCUT2D eigenvalue weighted by Gasteiger charge is -2.32. The summed E-state index contributed by atoms with van der Waals surface area (Å²) in [7, 11) is -8.56. The van der Waals surface area contributed by atoms with Gasteiger partial charge in [-0.2, -0.15) is 0 Å². The van der Waals surface area contributed by atoms with E-state index in [1.165, 1.54) is 6.08 Å². The summed E-state index contributed by atoms with van der Waals surface area (Å²) in [5, 5.41) is 0. The summed E-state index contributed by atoms with van der Waals surface area (Å²) in [6.07, 6.45) is 2.48. The van der Waals surface area contributed by atoms with Crippen molar-refractivity contribution in [1.82, 2.24) is 0 Å². The molecule has 0 aromatic carbocycles. The van der Waals surface area contributed by atoms with Crippen LogP contribution in [-0.2, 0) is 18.2 Å². The van der Waals surface area contributed by atoms with Crippen molar-refractivity contribution < 1.29 is 28.0 Å². The van der Waals surface area contributed by atoms with E-state index in [0.29, 0.717) is 0 Å². The fourth-order valence-electron chi connectivity index (χ4n) is 0.648. The van der Waals surface area contributed by atoms with E-state index in [1.807, 2.05) is 0 Å². The van der Waals surface area contributed by atoms with Gasteiger partial charge in [0, 0.05) is 0 Å². The van der Waals surface area contributed by atoms with Crippen molar-refractivity contribution in [2.45, 2.75) is 0 Å². The molecule has 0 fully saturated rings. The van der Waals surface area contributed by atoms with Crippen molar-refractivity contribution in [1.29, 1.82) is 0 Å². The standard InChI is InChI=1S/C4H8O6P2/c5-11(6,7)4-12(8)9-2-1-3-10-12/h1-2H,3-4H2,(H2,5,6,7)/p-2. The topological polar surface area (TPSA) is 98.7 Å². The van der Waals surface area contributed by atoms with Crippen LogP contribution in [0, 0.1) is 0 Å². The lowest BCUT2D eigenvalue weighted by Crippen LogP contribution is -2.18. The molecular formula is C4H6O6P2-2. The van der Waals surface area contributed by atoms with E-state index in [-0.39, 0.29) is 6.61 Å². The molecule has 0 N–H and O–H groups in total. The van der Waals surface area contributed by atoms with Gasteiger partial charge in [0.25, 0.3) is 0 Å². The van der Waals surface area contributed by atoms with Crippen molar-refractivity contribution in [2.75, 3.05) is 12.5 Å². The Morgan fingerprint density at radius 2 is 2.25 bits per heavy atom. The van der Waals surface area contributed by atoms with Crippen molar-refractivity contribution in [3.8, 4) is 0 Å². The highest BCUT2D eigenvalue weighted by Crippen LogP contribution is 2.57. The smallest absolute Gasteiger partial charge is 0.383 e. The molecule has 0 aromatic heterocycles. The normalized spacial score (nSPS) is 29.8. The molecule has 1 rings (SSSR count). The van der Waals surface area contributed by atoms with Crippen LogP contribution in [0.1, 0.15) is 0 Å². The second-order valence-corrected chi connectivity index (χ2v) is 6.18. The fraction of sp³-hybridized carbons (Fsp3) is 0.500. The van der Waals surface area contributed by atoms with E-state index >= 15 is 0 Å². The largest absolute Gasteiger partial charge is 0.810 e. The van der Waals surface area contributed by atoms with Gasteiger partial charge in [0.1, 0.15) is 0 Å². The minimum atomic E-state index is -4.85. The Balaban J connectivity index is 2.68. The van der Waals surface area contributed by atoms with Crippen LogP contribution in [0.2, 0.25) is 0 Å². The molecule has 0 aliphatic carbocycles. The Hall–Kier alpha value is -0.120. The Bertz CT molecular complexity index is 277. The first-order valence-electron chi connectivity index (χ1n) is 2.99. The Morgan fingerprint density at radius 3 is 2.67 bits per heavy atom. The van der Waals surface area contributed by atoms with Crippen LogP contribution in [0.15, 0.2) is 12.3 Å². The molecule has 0 saturated heterocycles. The van der Waals surface area contributed by atoms with E-state index in [9.17, 15) is 18.9 Å². The molecule has 0 bridgehead atoms. The van der Waals surface area contributed by atoms with E-state index in [2.05, 4.69) is 9.05 Å². The molecule has 6 nitrogen and oxygen atoms in total. The number of hydrogen-bond acceptors (Lipinski definition) is 6. The summed E-state index contributed by atoms with van der Waals surface area (Å²) in [4.78, 5) is 20.4. The molecular weight excluding hydrogens is 206 g/mol. The Morgan fingerprint density at radius 1 is 1.58 bits per heavy atom. The van der Waals surface area contributed by atoms with Crippen LogP contribution in [-0.4, -0.2) is 12.5 Å². The highest BCUT2D eigenvalue weighted by atomic mass is 31.2. The summed E-state index contributed by atoms with van der Waals surface area (Å²) in [6, 6.07) is 0. The van der Waals surface area contributed by atoms with Gasteiger partial charge >= 0.3 is 7.60 Å². The molecule has 1 atom stereocenters. The second-order valence-electron chi connectivity index (χ2n) is 2.14. The maximum Gasteiger partial charge on any atom is 0.383 e. The first-order valence-corrected chi connectivity index (χ1v) is 6.45. The molecule has 0 spiro atoms. The summed E-state index contributed by atoms with van der Waals surface area (Å²) < 4.78 is 30.3. The molecule has 70 valence electrons. The second kappa shape index (κ2) is 3.32. The maximum absolute atomic E-state index is 11.2. The maximum atomic E-state index is 11.2. The van der Waals surface area contributed by atoms with E-state index in [1.54, 1.807) is 0 Å². The van der Waals surface area contributed by atoms with Crippen LogP contribution in [0.25, 0.3) is 0 Å². The molecule has 1 aliphatic heterocycles. The lowest BCUT2D eigenvalue weighted by atomic mass is 10.7. The molecule has 0 aromatic rings. The molecule has 0 saturated carbocycles. The first-order chi connectivity index (χ1) is 5.41. The van der Waals surface area contributed by atoms with Crippen molar-refractivity contribution in [3.05, 3.63) is 12.3 Å². The van der Waals surface area contributed by atoms with Gasteiger partial charge in [0.2, 0.25) is 0 Å². The van der Waals surface area contributed by atoms with Gasteiger partial charge in [-0.25, -0.2) is 4.57 Å². The SMILES string of the molecule is O=P([O-])([O-])CP1(=O)OC=CCO1. The first kappa shape index (κ1) is 9.96. The quantitative estimate of drug-likeness (QED) is 0.578. The third-order valence-corrected chi connectivity index (χ3v) is 4.79. The summed E-state index contributed by atoms with van der Waals surface area (Å²) >= 11 is 0. The third-order valence-electron chi connectivity index (χ3n) is 1.03. The minimum Gasteiger partial charge on any atom is -0.810 e. The average molecular weight is 212 g/mol. The monoisotopic (exact) mass is 212 g/mol. The fourth-order valence-corrected chi connectivity index (χ4v) is 3.58. The molecule has 8 heteroatoms. The highest BCUT2D eigenvalue weighted by molar-refractivity contribution is 7.69. The molecule has 1 aliphatic rings. The zero-order chi connectivity index (χ0) is 9.24.